The van der Waals surface area contributed by atoms with Crippen LogP contribution in [-0.4, -0.2) is 20.5 Å². The Hall–Kier alpha value is -4.58. The topological polar surface area (TPSA) is 71.4 Å². The molecule has 5 rings (SSSR count). The van der Waals surface area contributed by atoms with E-state index in [1.807, 2.05) is 95.8 Å². The maximum Gasteiger partial charge on any atom is 0.247 e. The van der Waals surface area contributed by atoms with Crippen molar-refractivity contribution in [2.24, 2.45) is 0 Å². The second-order valence-corrected chi connectivity index (χ2v) is 7.22. The molecule has 3 aromatic carbocycles. The van der Waals surface area contributed by atoms with E-state index in [2.05, 4.69) is 17.0 Å². The highest BCUT2D eigenvalue weighted by Crippen LogP contribution is 2.29. The van der Waals surface area contributed by atoms with Gasteiger partial charge in [-0.3, -0.25) is 9.89 Å². The Morgan fingerprint density at radius 1 is 0.938 bits per heavy atom. The van der Waals surface area contributed by atoms with Gasteiger partial charge in [0, 0.05) is 23.0 Å². The van der Waals surface area contributed by atoms with Gasteiger partial charge in [0.15, 0.2) is 5.65 Å². The van der Waals surface area contributed by atoms with Crippen molar-refractivity contribution < 1.29 is 9.53 Å². The first-order valence-corrected chi connectivity index (χ1v) is 10.1. The fraction of sp³-hybridized carbons (Fsp3) is 0. The van der Waals surface area contributed by atoms with Crippen LogP contribution >= 0.6 is 0 Å². The number of hydrogen-bond acceptors (Lipinski definition) is 3. The number of ether oxygens (including phenoxy) is 1. The first kappa shape index (κ1) is 19.4. The highest BCUT2D eigenvalue weighted by atomic mass is 16.5. The SMILES string of the molecule is C=CC(=O)Nc1ccc(-c2c[nH]n3cc(-c4ccc(Oc5ccccc5)cc4)nc23)cc1. The van der Waals surface area contributed by atoms with Crippen molar-refractivity contribution >= 4 is 17.2 Å². The minimum absolute atomic E-state index is 0.236. The zero-order chi connectivity index (χ0) is 21.9. The Kier molecular flexibility index (Phi) is 5.01. The number of H-pyrrole nitrogens is 1. The van der Waals surface area contributed by atoms with Crippen molar-refractivity contribution in [3.05, 3.63) is 104 Å². The number of amides is 1. The van der Waals surface area contributed by atoms with Gasteiger partial charge in [-0.25, -0.2) is 9.50 Å². The summed E-state index contributed by atoms with van der Waals surface area (Å²) in [5, 5.41) is 5.97. The predicted octanol–water partition coefficient (Wildman–Crippen LogP) is 5.91. The van der Waals surface area contributed by atoms with Crippen LogP contribution in [0.4, 0.5) is 5.69 Å². The summed E-state index contributed by atoms with van der Waals surface area (Å²) in [7, 11) is 0. The molecule has 0 unspecified atom stereocenters. The number of aromatic nitrogens is 3. The molecule has 0 spiro atoms. The molecule has 0 saturated heterocycles. The molecule has 2 N–H and O–H groups in total. The molecular weight excluding hydrogens is 400 g/mol. The fourth-order valence-corrected chi connectivity index (χ4v) is 3.46. The minimum atomic E-state index is -0.236. The number of carbonyl (C=O) groups is 1. The normalized spacial score (nSPS) is 10.8. The quantitative estimate of drug-likeness (QED) is 0.335. The Morgan fingerprint density at radius 2 is 1.62 bits per heavy atom. The van der Waals surface area contributed by atoms with E-state index in [1.54, 1.807) is 0 Å². The number of aromatic amines is 1. The largest absolute Gasteiger partial charge is 0.457 e. The van der Waals surface area contributed by atoms with Gasteiger partial charge < -0.3 is 10.1 Å². The van der Waals surface area contributed by atoms with Gasteiger partial charge in [-0.05, 0) is 60.2 Å². The molecular formula is C26H20N4O2. The number of para-hydroxylation sites is 1. The molecule has 0 aliphatic heterocycles. The molecule has 0 aliphatic carbocycles. The van der Waals surface area contributed by atoms with E-state index in [1.165, 1.54) is 6.08 Å². The van der Waals surface area contributed by atoms with Crippen LogP contribution in [0.2, 0.25) is 0 Å². The third kappa shape index (κ3) is 3.89. The van der Waals surface area contributed by atoms with Crippen LogP contribution in [0.3, 0.4) is 0 Å². The van der Waals surface area contributed by atoms with Crippen LogP contribution in [0.15, 0.2) is 104 Å². The Balaban J connectivity index is 1.38. The number of rotatable bonds is 6. The molecule has 2 aromatic heterocycles. The van der Waals surface area contributed by atoms with E-state index in [9.17, 15) is 4.79 Å². The molecule has 5 aromatic rings. The summed E-state index contributed by atoms with van der Waals surface area (Å²) in [6.45, 7) is 3.47. The van der Waals surface area contributed by atoms with E-state index in [4.69, 9.17) is 9.72 Å². The summed E-state index contributed by atoms with van der Waals surface area (Å²) in [4.78, 5) is 16.3. The minimum Gasteiger partial charge on any atom is -0.457 e. The highest BCUT2D eigenvalue weighted by molar-refractivity contribution is 5.99. The molecule has 0 aliphatic rings. The van der Waals surface area contributed by atoms with Gasteiger partial charge in [-0.1, -0.05) is 36.9 Å². The maximum absolute atomic E-state index is 11.5. The van der Waals surface area contributed by atoms with Gasteiger partial charge in [0.25, 0.3) is 0 Å². The lowest BCUT2D eigenvalue weighted by Crippen LogP contribution is -2.06. The zero-order valence-corrected chi connectivity index (χ0v) is 17.2. The van der Waals surface area contributed by atoms with Crippen molar-refractivity contribution in [1.29, 1.82) is 0 Å². The summed E-state index contributed by atoms with van der Waals surface area (Å²) in [5.41, 5.74) is 5.37. The van der Waals surface area contributed by atoms with Crippen LogP contribution in [0, 0.1) is 0 Å². The lowest BCUT2D eigenvalue weighted by Gasteiger charge is -2.05. The van der Waals surface area contributed by atoms with Crippen LogP contribution in [0.25, 0.3) is 28.0 Å². The summed E-state index contributed by atoms with van der Waals surface area (Å²) in [6, 6.07) is 25.2. The first-order valence-electron chi connectivity index (χ1n) is 10.1. The molecule has 6 nitrogen and oxygen atoms in total. The van der Waals surface area contributed by atoms with Crippen LogP contribution in [0.5, 0.6) is 11.5 Å². The van der Waals surface area contributed by atoms with Gasteiger partial charge >= 0.3 is 0 Å². The molecule has 32 heavy (non-hydrogen) atoms. The monoisotopic (exact) mass is 420 g/mol. The van der Waals surface area contributed by atoms with Crippen molar-refractivity contribution in [3.8, 4) is 33.9 Å². The fourth-order valence-electron chi connectivity index (χ4n) is 3.46. The van der Waals surface area contributed by atoms with Crippen molar-refractivity contribution in [1.82, 2.24) is 14.6 Å². The summed E-state index contributed by atoms with van der Waals surface area (Å²) >= 11 is 0. The van der Waals surface area contributed by atoms with Crippen molar-refractivity contribution in [3.63, 3.8) is 0 Å². The number of hydrogen-bond donors (Lipinski definition) is 2. The Morgan fingerprint density at radius 3 is 2.34 bits per heavy atom. The number of fused-ring (bicyclic) bond motifs is 1. The smallest absolute Gasteiger partial charge is 0.247 e. The van der Waals surface area contributed by atoms with Crippen molar-refractivity contribution in [2.75, 3.05) is 5.32 Å². The third-order valence-electron chi connectivity index (χ3n) is 5.07. The lowest BCUT2D eigenvalue weighted by molar-refractivity contribution is -0.111. The summed E-state index contributed by atoms with van der Waals surface area (Å²) < 4.78 is 7.76. The molecule has 156 valence electrons. The lowest BCUT2D eigenvalue weighted by atomic mass is 10.1. The predicted molar refractivity (Wildman–Crippen MR) is 126 cm³/mol. The van der Waals surface area contributed by atoms with Gasteiger partial charge in [0.05, 0.1) is 11.9 Å². The number of imidazole rings is 1. The summed E-state index contributed by atoms with van der Waals surface area (Å²) in [6.07, 6.45) is 5.13. The first-order chi connectivity index (χ1) is 15.7. The molecule has 1 amide bonds. The Bertz CT molecular complexity index is 1380. The second-order valence-electron chi connectivity index (χ2n) is 7.22. The second kappa shape index (κ2) is 8.28. The van der Waals surface area contributed by atoms with Gasteiger partial charge in [-0.2, -0.15) is 0 Å². The number of nitrogens with zero attached hydrogens (tertiary/aromatic N) is 2. The summed E-state index contributed by atoms with van der Waals surface area (Å²) in [5.74, 6) is 1.34. The third-order valence-corrected chi connectivity index (χ3v) is 5.07. The average Bonchev–Trinajstić information content (AvgIpc) is 3.42. The van der Waals surface area contributed by atoms with E-state index in [0.717, 1.165) is 39.5 Å². The zero-order valence-electron chi connectivity index (χ0n) is 17.2. The number of nitrogens with one attached hydrogen (secondary N) is 2. The number of anilines is 1. The number of carbonyl (C=O) groups excluding carboxylic acids is 1. The van der Waals surface area contributed by atoms with Crippen LogP contribution in [-0.2, 0) is 4.79 Å². The molecule has 0 radical (unpaired) electrons. The van der Waals surface area contributed by atoms with E-state index >= 15 is 0 Å². The standard InChI is InChI=1S/C26H20N4O2/c1-2-25(31)28-20-12-8-18(9-13-20)23-16-27-30-17-24(29-26(23)30)19-10-14-22(15-11-19)32-21-6-4-3-5-7-21/h2-17,27H,1H2,(H,28,31). The van der Waals surface area contributed by atoms with Gasteiger partial charge in [0.1, 0.15) is 11.5 Å². The van der Waals surface area contributed by atoms with E-state index in [0.29, 0.717) is 5.69 Å². The van der Waals surface area contributed by atoms with Crippen LogP contribution in [0.1, 0.15) is 0 Å². The molecule has 2 heterocycles. The van der Waals surface area contributed by atoms with Gasteiger partial charge in [0.2, 0.25) is 5.91 Å². The maximum atomic E-state index is 11.5. The van der Waals surface area contributed by atoms with Crippen molar-refractivity contribution in [2.45, 2.75) is 0 Å². The molecule has 0 atom stereocenters. The average molecular weight is 420 g/mol. The molecule has 0 bridgehead atoms. The van der Waals surface area contributed by atoms with Crippen LogP contribution < -0.4 is 10.1 Å². The van der Waals surface area contributed by atoms with E-state index < -0.39 is 0 Å². The van der Waals surface area contributed by atoms with E-state index in [-0.39, 0.29) is 5.91 Å². The highest BCUT2D eigenvalue weighted by Gasteiger charge is 2.12. The Labute approximate surface area is 184 Å². The number of benzene rings is 3. The molecule has 0 fully saturated rings. The molecule has 0 saturated carbocycles. The van der Waals surface area contributed by atoms with Gasteiger partial charge in [-0.15, -0.1) is 0 Å². The molecule has 6 heteroatoms.